The van der Waals surface area contributed by atoms with E-state index in [0.717, 1.165) is 67.5 Å². The Hall–Kier alpha value is -4.01. The number of halogens is 4. The molecule has 0 bridgehead atoms. The van der Waals surface area contributed by atoms with Crippen molar-refractivity contribution >= 4 is 35.7 Å². The quantitative estimate of drug-likeness (QED) is 0.152. The lowest BCUT2D eigenvalue weighted by molar-refractivity contribution is -0.519. The number of hydrogen-bond donors (Lipinski definition) is 0. The van der Waals surface area contributed by atoms with E-state index in [0.29, 0.717) is 0 Å². The molecule has 236 valence electrons. The van der Waals surface area contributed by atoms with Gasteiger partial charge in [0.15, 0.2) is 5.71 Å². The second kappa shape index (κ2) is 16.2. The van der Waals surface area contributed by atoms with Gasteiger partial charge in [-0.15, -0.1) is 0 Å². The average Bonchev–Trinajstić information content (AvgIpc) is 3.03. The monoisotopic (exact) mass is 609 g/mol. The molecule has 9 heteroatoms. The number of hydrogen-bond acceptors (Lipinski definition) is 3. The number of rotatable bonds is 10. The van der Waals surface area contributed by atoms with Crippen molar-refractivity contribution in [1.29, 1.82) is 0 Å². The number of anilines is 2. The lowest BCUT2D eigenvalue weighted by atomic mass is 9.97. The Bertz CT molecular complexity index is 1400. The molecule has 2 aromatic carbocycles. The van der Waals surface area contributed by atoms with Crippen molar-refractivity contribution in [1.82, 2.24) is 0 Å². The summed E-state index contributed by atoms with van der Waals surface area (Å²) < 4.78 is 47.9. The van der Waals surface area contributed by atoms with Gasteiger partial charge < -0.3 is 31.8 Å². The van der Waals surface area contributed by atoms with Crippen LogP contribution in [0.15, 0.2) is 96.3 Å². The molecular formula is C35H44BF4N3O. The molecule has 2 aliphatic rings. The zero-order chi connectivity index (χ0) is 32.3. The van der Waals surface area contributed by atoms with Crippen LogP contribution in [0.25, 0.3) is 11.3 Å². The van der Waals surface area contributed by atoms with E-state index in [9.17, 15) is 17.3 Å². The Balaban J connectivity index is 0.000000978. The van der Waals surface area contributed by atoms with E-state index in [-0.39, 0.29) is 0 Å². The molecule has 0 spiro atoms. The molecule has 2 aromatic rings. The summed E-state index contributed by atoms with van der Waals surface area (Å²) in [5.41, 5.74) is 8.21. The van der Waals surface area contributed by atoms with Crippen LogP contribution in [0.3, 0.4) is 0 Å². The molecule has 1 aliphatic carbocycles. The summed E-state index contributed by atoms with van der Waals surface area (Å²) in [5.74, 6) is 1.74. The minimum atomic E-state index is -6.00. The van der Waals surface area contributed by atoms with Crippen LogP contribution in [0, 0.1) is 0 Å². The first-order valence-corrected chi connectivity index (χ1v) is 15.5. The first kappa shape index (κ1) is 34.5. The SMILES string of the molecule is CCN(CC)c1ccc(C2=CC(=C3C=CC(=[N+](CC)CC)C=C3)OC(c3ccc(N(CC)CC)cc3)=C2)cc1.F[B-](F)(F)F. The van der Waals surface area contributed by atoms with Crippen LogP contribution in [0.5, 0.6) is 0 Å². The van der Waals surface area contributed by atoms with E-state index in [4.69, 9.17) is 4.74 Å². The highest BCUT2D eigenvalue weighted by atomic mass is 19.5. The van der Waals surface area contributed by atoms with Gasteiger partial charge in [0.05, 0.1) is 0 Å². The van der Waals surface area contributed by atoms with Gasteiger partial charge in [0.25, 0.3) is 0 Å². The maximum atomic E-state index is 9.75. The van der Waals surface area contributed by atoms with E-state index < -0.39 is 7.25 Å². The van der Waals surface area contributed by atoms with Crippen LogP contribution >= 0.6 is 0 Å². The molecule has 1 aliphatic heterocycles. The smallest absolute Gasteiger partial charge is 0.456 e. The topological polar surface area (TPSA) is 18.7 Å². The summed E-state index contributed by atoms with van der Waals surface area (Å²) in [4.78, 5) is 4.73. The summed E-state index contributed by atoms with van der Waals surface area (Å²) in [5, 5.41) is 0. The largest absolute Gasteiger partial charge is 0.673 e. The summed E-state index contributed by atoms with van der Waals surface area (Å²) in [6.07, 6.45) is 13.1. The summed E-state index contributed by atoms with van der Waals surface area (Å²) >= 11 is 0. The zero-order valence-electron chi connectivity index (χ0n) is 26.7. The van der Waals surface area contributed by atoms with E-state index in [1.165, 1.54) is 22.6 Å². The van der Waals surface area contributed by atoms with Crippen molar-refractivity contribution < 1.29 is 26.6 Å². The number of nitrogens with zero attached hydrogens (tertiary/aromatic N) is 3. The molecule has 0 amide bonds. The molecule has 0 unspecified atom stereocenters. The minimum Gasteiger partial charge on any atom is -0.456 e. The fourth-order valence-electron chi connectivity index (χ4n) is 5.26. The van der Waals surface area contributed by atoms with Crippen LogP contribution in [0.2, 0.25) is 0 Å². The second-order valence-corrected chi connectivity index (χ2v) is 10.2. The van der Waals surface area contributed by atoms with E-state index in [2.05, 4.69) is 141 Å². The van der Waals surface area contributed by atoms with Gasteiger partial charge in [0, 0.05) is 60.8 Å². The highest BCUT2D eigenvalue weighted by Gasteiger charge is 2.21. The first-order valence-electron chi connectivity index (χ1n) is 15.5. The second-order valence-electron chi connectivity index (χ2n) is 10.2. The highest BCUT2D eigenvalue weighted by molar-refractivity contribution is 6.50. The summed E-state index contributed by atoms with van der Waals surface area (Å²) in [6, 6.07) is 17.6. The first-order chi connectivity index (χ1) is 21.0. The van der Waals surface area contributed by atoms with Crippen molar-refractivity contribution in [3.8, 4) is 0 Å². The molecule has 4 nitrogen and oxygen atoms in total. The van der Waals surface area contributed by atoms with Crippen LogP contribution in [0.4, 0.5) is 28.6 Å². The van der Waals surface area contributed by atoms with Crippen LogP contribution in [-0.2, 0) is 4.74 Å². The molecule has 4 rings (SSSR count). The Morgan fingerprint density at radius 1 is 0.614 bits per heavy atom. The third kappa shape index (κ3) is 9.50. The predicted molar refractivity (Wildman–Crippen MR) is 179 cm³/mol. The molecule has 0 aromatic heterocycles. The van der Waals surface area contributed by atoms with Gasteiger partial charge in [-0.3, -0.25) is 0 Å². The van der Waals surface area contributed by atoms with Crippen molar-refractivity contribution in [2.45, 2.75) is 41.5 Å². The van der Waals surface area contributed by atoms with Crippen molar-refractivity contribution in [3.05, 3.63) is 107 Å². The molecule has 1 heterocycles. The Morgan fingerprint density at radius 3 is 1.45 bits per heavy atom. The van der Waals surface area contributed by atoms with Crippen LogP contribution in [-0.4, -0.2) is 56.8 Å². The van der Waals surface area contributed by atoms with E-state index >= 15 is 0 Å². The molecule has 0 fully saturated rings. The third-order valence-electron chi connectivity index (χ3n) is 7.68. The van der Waals surface area contributed by atoms with Gasteiger partial charge in [-0.05, 0) is 113 Å². The van der Waals surface area contributed by atoms with Gasteiger partial charge in [-0.25, -0.2) is 4.58 Å². The molecule has 0 atom stereocenters. The molecule has 0 N–H and O–H groups in total. The van der Waals surface area contributed by atoms with E-state index in [1.807, 2.05) is 0 Å². The fourth-order valence-corrected chi connectivity index (χ4v) is 5.26. The van der Waals surface area contributed by atoms with Gasteiger partial charge in [-0.2, -0.15) is 0 Å². The maximum Gasteiger partial charge on any atom is 0.673 e. The number of allylic oxidation sites excluding steroid dienone is 8. The van der Waals surface area contributed by atoms with Gasteiger partial charge >= 0.3 is 7.25 Å². The molecular weight excluding hydrogens is 565 g/mol. The normalized spacial score (nSPS) is 14.4. The van der Waals surface area contributed by atoms with Crippen molar-refractivity contribution in [2.75, 3.05) is 49.1 Å². The Morgan fingerprint density at radius 2 is 1.05 bits per heavy atom. The Kier molecular flexibility index (Phi) is 12.7. The number of ether oxygens (including phenoxy) is 1. The zero-order valence-corrected chi connectivity index (χ0v) is 26.7. The van der Waals surface area contributed by atoms with Gasteiger partial charge in [0.1, 0.15) is 24.6 Å². The van der Waals surface area contributed by atoms with E-state index in [1.54, 1.807) is 0 Å². The molecule has 0 saturated heterocycles. The fraction of sp³-hybridized carbons (Fsp3) is 0.343. The molecule has 0 saturated carbocycles. The lowest BCUT2D eigenvalue weighted by Crippen LogP contribution is -2.21. The van der Waals surface area contributed by atoms with Gasteiger partial charge in [0.2, 0.25) is 0 Å². The third-order valence-corrected chi connectivity index (χ3v) is 7.68. The highest BCUT2D eigenvalue weighted by Crippen LogP contribution is 2.35. The summed E-state index contributed by atoms with van der Waals surface area (Å²) in [7, 11) is -6.00. The van der Waals surface area contributed by atoms with Crippen LogP contribution < -0.4 is 9.80 Å². The molecule has 44 heavy (non-hydrogen) atoms. The average molecular weight is 610 g/mol. The van der Waals surface area contributed by atoms with Crippen molar-refractivity contribution in [2.24, 2.45) is 0 Å². The van der Waals surface area contributed by atoms with Crippen LogP contribution in [0.1, 0.15) is 52.7 Å². The molecule has 0 radical (unpaired) electrons. The maximum absolute atomic E-state index is 9.75. The minimum absolute atomic E-state index is 0.870. The van der Waals surface area contributed by atoms with Crippen molar-refractivity contribution in [3.63, 3.8) is 0 Å². The Labute approximate surface area is 260 Å². The predicted octanol–water partition coefficient (Wildman–Crippen LogP) is 9.01. The summed E-state index contributed by atoms with van der Waals surface area (Å²) in [6.45, 7) is 19.2. The van der Waals surface area contributed by atoms with Gasteiger partial charge in [-0.1, -0.05) is 12.1 Å². The lowest BCUT2D eigenvalue weighted by Gasteiger charge is -2.23. The standard InChI is InChI=1S/C35H44N3O.BF4/c1-7-36(8-2)31-19-13-27(14-20-31)30-25-34(28-15-21-32(22-16-28)37(9-3)10-4)39-35(26-30)29-17-23-33(24-18-29)38(11-5)12-6;2-1(3,4)5/h13-26H,7-12H2,1-6H3;/q+1;-1. The number of benzene rings is 2.